The highest BCUT2D eigenvalue weighted by molar-refractivity contribution is 5.99. The number of methoxy groups -OCH3 is 1. The molecule has 6 heteroatoms. The number of ether oxygens (including phenoxy) is 1. The fourth-order valence-corrected chi connectivity index (χ4v) is 3.88. The van der Waals surface area contributed by atoms with Crippen molar-refractivity contribution in [3.8, 4) is 28.1 Å². The van der Waals surface area contributed by atoms with E-state index >= 15 is 0 Å². The Labute approximate surface area is 190 Å². The van der Waals surface area contributed by atoms with E-state index in [1.807, 2.05) is 48.7 Å². The molecule has 0 bridgehead atoms. The molecule has 0 saturated carbocycles. The lowest BCUT2D eigenvalue weighted by atomic mass is 9.96. The third-order valence-electron chi connectivity index (χ3n) is 5.61. The third kappa shape index (κ3) is 4.19. The summed E-state index contributed by atoms with van der Waals surface area (Å²) in [5.74, 6) is 0.663. The average Bonchev–Trinajstić information content (AvgIpc) is 3.42. The Morgan fingerprint density at radius 2 is 1.85 bits per heavy atom. The van der Waals surface area contributed by atoms with Gasteiger partial charge in [-0.05, 0) is 52.4 Å². The lowest BCUT2D eigenvalue weighted by Crippen LogP contribution is -2.22. The molecule has 0 spiro atoms. The normalized spacial score (nSPS) is 10.8. The highest BCUT2D eigenvalue weighted by Gasteiger charge is 2.11. The lowest BCUT2D eigenvalue weighted by Gasteiger charge is -2.13. The summed E-state index contributed by atoms with van der Waals surface area (Å²) in [5, 5.41) is 9.01. The number of aromatic nitrogens is 2. The van der Waals surface area contributed by atoms with Gasteiger partial charge in [0, 0.05) is 41.5 Å². The zero-order valence-electron chi connectivity index (χ0n) is 18.0. The van der Waals surface area contributed by atoms with Crippen LogP contribution in [0.5, 0.6) is 5.75 Å². The van der Waals surface area contributed by atoms with Crippen LogP contribution < -0.4 is 10.1 Å². The van der Waals surface area contributed by atoms with Crippen LogP contribution in [-0.2, 0) is 6.54 Å². The van der Waals surface area contributed by atoms with Gasteiger partial charge < -0.3 is 14.6 Å². The molecule has 3 aromatic carbocycles. The minimum Gasteiger partial charge on any atom is -0.497 e. The van der Waals surface area contributed by atoms with Crippen LogP contribution in [-0.4, -0.2) is 23.2 Å². The first kappa shape index (κ1) is 20.5. The van der Waals surface area contributed by atoms with Crippen LogP contribution in [0.2, 0.25) is 0 Å². The number of benzene rings is 3. The Kier molecular flexibility index (Phi) is 5.55. The van der Waals surface area contributed by atoms with E-state index < -0.39 is 0 Å². The standard InChI is InChI=1S/C27H21N3O3/c1-32-22-4-2-3-20(15-22)23-10-9-21(25-17-28-13-11-24(23)25)16-29-27(31)19-7-5-18(6-8-19)26-12-14-33-30-26/h2-15,17H,16H2,1H3,(H,29,31). The highest BCUT2D eigenvalue weighted by atomic mass is 16.5. The smallest absolute Gasteiger partial charge is 0.251 e. The second-order valence-electron chi connectivity index (χ2n) is 7.57. The fourth-order valence-electron chi connectivity index (χ4n) is 3.88. The second kappa shape index (κ2) is 8.96. The Hall–Kier alpha value is -4.45. The minimum absolute atomic E-state index is 0.143. The Morgan fingerprint density at radius 3 is 2.64 bits per heavy atom. The molecule has 1 N–H and O–H groups in total. The van der Waals surface area contributed by atoms with Crippen LogP contribution in [0, 0.1) is 0 Å². The monoisotopic (exact) mass is 435 g/mol. The predicted octanol–water partition coefficient (Wildman–Crippen LogP) is 5.50. The molecule has 5 aromatic rings. The van der Waals surface area contributed by atoms with Crippen LogP contribution in [0.4, 0.5) is 0 Å². The molecule has 2 aromatic heterocycles. The highest BCUT2D eigenvalue weighted by Crippen LogP contribution is 2.32. The van der Waals surface area contributed by atoms with Crippen LogP contribution in [0.25, 0.3) is 33.2 Å². The van der Waals surface area contributed by atoms with Crippen molar-refractivity contribution in [2.75, 3.05) is 7.11 Å². The molecule has 0 fully saturated rings. The quantitative estimate of drug-likeness (QED) is 0.381. The predicted molar refractivity (Wildman–Crippen MR) is 127 cm³/mol. The number of hydrogen-bond acceptors (Lipinski definition) is 5. The number of nitrogens with zero attached hydrogens (tertiary/aromatic N) is 2. The van der Waals surface area contributed by atoms with Crippen LogP contribution in [0.1, 0.15) is 15.9 Å². The van der Waals surface area contributed by atoms with Gasteiger partial charge in [0.05, 0.1) is 7.11 Å². The van der Waals surface area contributed by atoms with Gasteiger partial charge in [-0.2, -0.15) is 0 Å². The molecule has 6 nitrogen and oxygen atoms in total. The number of pyridine rings is 1. The summed E-state index contributed by atoms with van der Waals surface area (Å²) >= 11 is 0. The SMILES string of the molecule is COc1cccc(-c2ccc(CNC(=O)c3ccc(-c4ccon4)cc3)c3cnccc23)c1. The van der Waals surface area contributed by atoms with Crippen LogP contribution >= 0.6 is 0 Å². The molecule has 0 aliphatic heterocycles. The van der Waals surface area contributed by atoms with E-state index in [2.05, 4.69) is 27.6 Å². The Balaban J connectivity index is 1.38. The summed E-state index contributed by atoms with van der Waals surface area (Å²) in [5.41, 5.74) is 5.36. The molecular weight excluding hydrogens is 414 g/mol. The number of hydrogen-bond donors (Lipinski definition) is 1. The van der Waals surface area contributed by atoms with Crippen molar-refractivity contribution in [1.82, 2.24) is 15.5 Å². The third-order valence-corrected chi connectivity index (χ3v) is 5.61. The van der Waals surface area contributed by atoms with Gasteiger partial charge in [-0.25, -0.2) is 0 Å². The fraction of sp³-hybridized carbons (Fsp3) is 0.0741. The largest absolute Gasteiger partial charge is 0.497 e. The van der Waals surface area contributed by atoms with E-state index in [9.17, 15) is 4.79 Å². The maximum absolute atomic E-state index is 12.7. The van der Waals surface area contributed by atoms with E-state index in [1.54, 1.807) is 31.5 Å². The van der Waals surface area contributed by atoms with E-state index in [1.165, 1.54) is 6.26 Å². The molecule has 0 aliphatic rings. The summed E-state index contributed by atoms with van der Waals surface area (Å²) in [6, 6.07) is 23.1. The van der Waals surface area contributed by atoms with Crippen molar-refractivity contribution < 1.29 is 14.1 Å². The van der Waals surface area contributed by atoms with E-state index in [0.29, 0.717) is 12.1 Å². The summed E-state index contributed by atoms with van der Waals surface area (Å²) in [6.45, 7) is 0.393. The molecule has 0 saturated heterocycles. The maximum Gasteiger partial charge on any atom is 0.251 e. The topological polar surface area (TPSA) is 77.2 Å². The molecule has 162 valence electrons. The van der Waals surface area contributed by atoms with Gasteiger partial charge in [-0.15, -0.1) is 0 Å². The molecule has 0 radical (unpaired) electrons. The average molecular weight is 435 g/mol. The number of rotatable bonds is 6. The maximum atomic E-state index is 12.7. The molecule has 0 aliphatic carbocycles. The van der Waals surface area contributed by atoms with Gasteiger partial charge in [-0.1, -0.05) is 41.6 Å². The van der Waals surface area contributed by atoms with Gasteiger partial charge in [-0.3, -0.25) is 9.78 Å². The first-order valence-corrected chi connectivity index (χ1v) is 10.5. The lowest BCUT2D eigenvalue weighted by molar-refractivity contribution is 0.0951. The molecule has 5 rings (SSSR count). The Bertz CT molecular complexity index is 1410. The van der Waals surface area contributed by atoms with Crippen molar-refractivity contribution in [3.63, 3.8) is 0 Å². The first-order valence-electron chi connectivity index (χ1n) is 10.5. The number of fused-ring (bicyclic) bond motifs is 1. The minimum atomic E-state index is -0.143. The number of nitrogens with one attached hydrogen (secondary N) is 1. The van der Waals surface area contributed by atoms with Crippen molar-refractivity contribution >= 4 is 16.7 Å². The summed E-state index contributed by atoms with van der Waals surface area (Å²) < 4.78 is 10.3. The van der Waals surface area contributed by atoms with Gasteiger partial charge in [0.25, 0.3) is 5.91 Å². The summed E-state index contributed by atoms with van der Waals surface area (Å²) in [4.78, 5) is 17.0. The van der Waals surface area contributed by atoms with E-state index in [-0.39, 0.29) is 5.91 Å². The van der Waals surface area contributed by atoms with Crippen molar-refractivity contribution in [1.29, 1.82) is 0 Å². The summed E-state index contributed by atoms with van der Waals surface area (Å²) in [7, 11) is 1.66. The zero-order valence-corrected chi connectivity index (χ0v) is 18.0. The van der Waals surface area contributed by atoms with Gasteiger partial charge in [0.15, 0.2) is 0 Å². The number of carbonyl (C=O) groups excluding carboxylic acids is 1. The molecule has 2 heterocycles. The second-order valence-corrected chi connectivity index (χ2v) is 7.57. The van der Waals surface area contributed by atoms with E-state index in [4.69, 9.17) is 9.26 Å². The zero-order chi connectivity index (χ0) is 22.6. The van der Waals surface area contributed by atoms with E-state index in [0.717, 1.165) is 44.5 Å². The molecule has 1 amide bonds. The Morgan fingerprint density at radius 1 is 0.970 bits per heavy atom. The summed E-state index contributed by atoms with van der Waals surface area (Å²) in [6.07, 6.45) is 5.15. The van der Waals surface area contributed by atoms with Crippen LogP contribution in [0.15, 0.2) is 96.0 Å². The first-order chi connectivity index (χ1) is 16.2. The molecule has 0 unspecified atom stereocenters. The van der Waals surface area contributed by atoms with Crippen LogP contribution in [0.3, 0.4) is 0 Å². The number of carbonyl (C=O) groups is 1. The van der Waals surface area contributed by atoms with Gasteiger partial charge >= 0.3 is 0 Å². The van der Waals surface area contributed by atoms with Gasteiger partial charge in [0.2, 0.25) is 0 Å². The molecule has 0 atom stereocenters. The molecule has 33 heavy (non-hydrogen) atoms. The molecular formula is C27H21N3O3. The van der Waals surface area contributed by atoms with Crippen molar-refractivity contribution in [3.05, 3.63) is 103 Å². The van der Waals surface area contributed by atoms with Crippen molar-refractivity contribution in [2.24, 2.45) is 0 Å². The van der Waals surface area contributed by atoms with Gasteiger partial charge in [0.1, 0.15) is 17.7 Å². The van der Waals surface area contributed by atoms with Crippen molar-refractivity contribution in [2.45, 2.75) is 6.54 Å². The number of amides is 1.